The van der Waals surface area contributed by atoms with Gasteiger partial charge in [-0.3, -0.25) is 4.79 Å². The van der Waals surface area contributed by atoms with Crippen molar-refractivity contribution in [1.82, 2.24) is 4.98 Å². The Morgan fingerprint density at radius 2 is 2.25 bits per heavy atom. The van der Waals surface area contributed by atoms with Crippen LogP contribution in [-0.4, -0.2) is 29.9 Å². The first-order valence-electron chi connectivity index (χ1n) is 7.60. The van der Waals surface area contributed by atoms with Crippen LogP contribution in [0.3, 0.4) is 0 Å². The van der Waals surface area contributed by atoms with Crippen molar-refractivity contribution < 1.29 is 9.69 Å². The van der Waals surface area contributed by atoms with Crippen molar-refractivity contribution in [2.45, 2.75) is 39.2 Å². The molecule has 3 heteroatoms. The van der Waals surface area contributed by atoms with Gasteiger partial charge in [-0.1, -0.05) is 11.6 Å². The van der Waals surface area contributed by atoms with E-state index >= 15 is 0 Å². The maximum absolute atomic E-state index is 12.6. The van der Waals surface area contributed by atoms with Crippen LogP contribution >= 0.6 is 0 Å². The number of aromatic amines is 1. The lowest BCUT2D eigenvalue weighted by Gasteiger charge is -2.29. The number of hydrogen-bond acceptors (Lipinski definition) is 1. The molecule has 3 rings (SSSR count). The van der Waals surface area contributed by atoms with Crippen molar-refractivity contribution in [3.8, 4) is 0 Å². The summed E-state index contributed by atoms with van der Waals surface area (Å²) in [5, 5.41) is 1.07. The number of H-pyrrole nitrogens is 1. The Kier molecular flexibility index (Phi) is 3.62. The number of likely N-dealkylation sites (tertiary alicyclic amines) is 1. The molecule has 0 spiro atoms. The fourth-order valence-electron chi connectivity index (χ4n) is 3.28. The molecule has 1 aromatic heterocycles. The minimum absolute atomic E-state index is 0.269. The highest BCUT2D eigenvalue weighted by atomic mass is 16.1. The number of fused-ring (bicyclic) bond motifs is 1. The summed E-state index contributed by atoms with van der Waals surface area (Å²) in [7, 11) is 0. The summed E-state index contributed by atoms with van der Waals surface area (Å²) in [5.41, 5.74) is 3.11. The van der Waals surface area contributed by atoms with Crippen molar-refractivity contribution in [3.63, 3.8) is 0 Å². The van der Waals surface area contributed by atoms with E-state index in [2.05, 4.69) is 37.0 Å². The molecule has 2 heterocycles. The standard InChI is InChI=1S/C17H22N2O/c1-12-6-7-16-14(9-12)15(10-18-16)17(20)11-19-8-4-3-5-13(19)2/h6-7,9-10,13,18H,3-5,8,11H2,1-2H3/p+1/t13-/m1/s1. The third-order valence-electron chi connectivity index (χ3n) is 4.61. The molecule has 20 heavy (non-hydrogen) atoms. The van der Waals surface area contributed by atoms with E-state index in [0.717, 1.165) is 23.0 Å². The fourth-order valence-corrected chi connectivity index (χ4v) is 3.28. The Morgan fingerprint density at radius 3 is 3.05 bits per heavy atom. The predicted molar refractivity (Wildman–Crippen MR) is 81.4 cm³/mol. The van der Waals surface area contributed by atoms with Gasteiger partial charge in [0.25, 0.3) is 0 Å². The molecule has 1 saturated heterocycles. The number of carbonyl (C=O) groups excluding carboxylic acids is 1. The van der Waals surface area contributed by atoms with E-state index in [1.54, 1.807) is 0 Å². The van der Waals surface area contributed by atoms with Gasteiger partial charge in [0.05, 0.1) is 12.6 Å². The van der Waals surface area contributed by atoms with Gasteiger partial charge >= 0.3 is 0 Å². The number of aromatic nitrogens is 1. The van der Waals surface area contributed by atoms with E-state index in [4.69, 9.17) is 0 Å². The highest BCUT2D eigenvalue weighted by Gasteiger charge is 2.25. The summed E-state index contributed by atoms with van der Waals surface area (Å²) in [6, 6.07) is 6.84. The van der Waals surface area contributed by atoms with Crippen molar-refractivity contribution in [2.24, 2.45) is 0 Å². The monoisotopic (exact) mass is 271 g/mol. The van der Waals surface area contributed by atoms with Crippen LogP contribution in [0.15, 0.2) is 24.4 Å². The zero-order valence-electron chi connectivity index (χ0n) is 12.3. The van der Waals surface area contributed by atoms with Crippen molar-refractivity contribution in [2.75, 3.05) is 13.1 Å². The molecule has 0 aliphatic carbocycles. The summed E-state index contributed by atoms with van der Waals surface area (Å²) in [5.74, 6) is 0.269. The molecule has 106 valence electrons. The normalized spacial score (nSPS) is 23.1. The van der Waals surface area contributed by atoms with Gasteiger partial charge < -0.3 is 9.88 Å². The lowest BCUT2D eigenvalue weighted by atomic mass is 10.0. The SMILES string of the molecule is Cc1ccc2[nH]cc(C(=O)C[NH+]3CCCC[C@H]3C)c2c1. The van der Waals surface area contributed by atoms with E-state index in [-0.39, 0.29) is 5.78 Å². The minimum Gasteiger partial charge on any atom is -0.360 e. The van der Waals surface area contributed by atoms with E-state index in [0.29, 0.717) is 12.6 Å². The number of hydrogen-bond donors (Lipinski definition) is 2. The number of carbonyl (C=O) groups is 1. The van der Waals surface area contributed by atoms with Gasteiger partial charge in [-0.2, -0.15) is 0 Å². The average molecular weight is 271 g/mol. The molecule has 3 nitrogen and oxygen atoms in total. The third-order valence-corrected chi connectivity index (χ3v) is 4.61. The molecule has 2 N–H and O–H groups in total. The van der Waals surface area contributed by atoms with Gasteiger partial charge in [-0.05, 0) is 45.2 Å². The summed E-state index contributed by atoms with van der Waals surface area (Å²) < 4.78 is 0. The topological polar surface area (TPSA) is 37.3 Å². The number of aryl methyl sites for hydroxylation is 1. The maximum atomic E-state index is 12.6. The molecule has 0 saturated carbocycles. The van der Waals surface area contributed by atoms with Crippen LogP contribution in [0.5, 0.6) is 0 Å². The first kappa shape index (κ1) is 13.4. The Hall–Kier alpha value is -1.61. The quantitative estimate of drug-likeness (QED) is 0.824. The van der Waals surface area contributed by atoms with Gasteiger partial charge in [0.2, 0.25) is 5.78 Å². The Bertz CT molecular complexity index is 629. The first-order chi connectivity index (χ1) is 9.65. The summed E-state index contributed by atoms with van der Waals surface area (Å²) in [4.78, 5) is 17.3. The molecule has 1 aliphatic heterocycles. The number of nitrogens with one attached hydrogen (secondary N) is 2. The van der Waals surface area contributed by atoms with Gasteiger partial charge in [0.15, 0.2) is 0 Å². The number of quaternary nitrogens is 1. The Balaban J connectivity index is 1.83. The van der Waals surface area contributed by atoms with E-state index in [1.165, 1.54) is 29.7 Å². The Morgan fingerprint density at radius 1 is 1.40 bits per heavy atom. The van der Waals surface area contributed by atoms with Gasteiger partial charge in [-0.25, -0.2) is 0 Å². The summed E-state index contributed by atoms with van der Waals surface area (Å²) in [6.07, 6.45) is 5.68. The fraction of sp³-hybridized carbons (Fsp3) is 0.471. The Labute approximate surface area is 120 Å². The van der Waals surface area contributed by atoms with Crippen LogP contribution in [-0.2, 0) is 0 Å². The molecule has 1 unspecified atom stereocenters. The molecule has 0 bridgehead atoms. The predicted octanol–water partition coefficient (Wildman–Crippen LogP) is 2.12. The number of benzene rings is 1. The maximum Gasteiger partial charge on any atom is 0.219 e. The van der Waals surface area contributed by atoms with Crippen LogP contribution < -0.4 is 4.90 Å². The van der Waals surface area contributed by atoms with Crippen molar-refractivity contribution in [1.29, 1.82) is 0 Å². The highest BCUT2D eigenvalue weighted by Crippen LogP contribution is 2.19. The highest BCUT2D eigenvalue weighted by molar-refractivity contribution is 6.08. The minimum atomic E-state index is 0.269. The molecule has 1 aliphatic rings. The lowest BCUT2D eigenvalue weighted by molar-refractivity contribution is -0.920. The summed E-state index contributed by atoms with van der Waals surface area (Å²) in [6.45, 7) is 6.09. The molecule has 1 fully saturated rings. The molecular formula is C17H23N2O+. The molecule has 2 atom stereocenters. The molecule has 0 radical (unpaired) electrons. The van der Waals surface area contributed by atoms with Gasteiger partial charge in [0.1, 0.15) is 6.54 Å². The average Bonchev–Trinajstić information content (AvgIpc) is 2.84. The van der Waals surface area contributed by atoms with Crippen molar-refractivity contribution >= 4 is 16.7 Å². The molecule has 2 aromatic rings. The summed E-state index contributed by atoms with van der Waals surface area (Å²) >= 11 is 0. The number of ketones is 1. The van der Waals surface area contributed by atoms with Crippen LogP contribution in [0.25, 0.3) is 10.9 Å². The molecular weight excluding hydrogens is 248 g/mol. The molecule has 0 amide bonds. The van der Waals surface area contributed by atoms with Crippen LogP contribution in [0, 0.1) is 6.92 Å². The zero-order chi connectivity index (χ0) is 14.1. The number of rotatable bonds is 3. The van der Waals surface area contributed by atoms with Crippen molar-refractivity contribution in [3.05, 3.63) is 35.5 Å². The van der Waals surface area contributed by atoms with E-state index in [9.17, 15) is 4.79 Å². The van der Waals surface area contributed by atoms with E-state index in [1.807, 2.05) is 6.20 Å². The van der Waals surface area contributed by atoms with Gasteiger partial charge in [-0.15, -0.1) is 0 Å². The van der Waals surface area contributed by atoms with E-state index < -0.39 is 0 Å². The second-order valence-electron chi connectivity index (χ2n) is 6.16. The van der Waals surface area contributed by atoms with Crippen LogP contribution in [0.1, 0.15) is 42.1 Å². The largest absolute Gasteiger partial charge is 0.360 e. The first-order valence-corrected chi connectivity index (χ1v) is 7.60. The second kappa shape index (κ2) is 5.41. The zero-order valence-corrected chi connectivity index (χ0v) is 12.3. The smallest absolute Gasteiger partial charge is 0.219 e. The number of Topliss-reactive ketones (excluding diaryl/α,β-unsaturated/α-hetero) is 1. The van der Waals surface area contributed by atoms with Gasteiger partial charge in [0, 0.05) is 22.7 Å². The van der Waals surface area contributed by atoms with Crippen LogP contribution in [0.4, 0.5) is 0 Å². The van der Waals surface area contributed by atoms with Crippen LogP contribution in [0.2, 0.25) is 0 Å². The third kappa shape index (κ3) is 2.50. The second-order valence-corrected chi connectivity index (χ2v) is 6.16. The number of piperidine rings is 1. The molecule has 1 aromatic carbocycles. The lowest BCUT2D eigenvalue weighted by Crippen LogP contribution is -3.16.